The first-order valence-electron chi connectivity index (χ1n) is 10.3. The number of hydrogen-bond donors (Lipinski definition) is 1. The van der Waals surface area contributed by atoms with Gasteiger partial charge in [0.2, 0.25) is 5.91 Å². The summed E-state index contributed by atoms with van der Waals surface area (Å²) in [7, 11) is 1.51. The van der Waals surface area contributed by atoms with Crippen molar-refractivity contribution in [2.24, 2.45) is 0 Å². The van der Waals surface area contributed by atoms with Crippen molar-refractivity contribution in [3.05, 3.63) is 63.7 Å². The van der Waals surface area contributed by atoms with Gasteiger partial charge in [-0.15, -0.1) is 0 Å². The summed E-state index contributed by atoms with van der Waals surface area (Å²) < 4.78 is 11.0. The summed E-state index contributed by atoms with van der Waals surface area (Å²) in [5.41, 5.74) is -0.881. The molecule has 2 aromatic rings. The zero-order valence-electron chi connectivity index (χ0n) is 18.4. The van der Waals surface area contributed by atoms with Gasteiger partial charge in [-0.25, -0.2) is 0 Å². The smallest absolute Gasteiger partial charge is 0.317 e. The quantitative estimate of drug-likeness (QED) is 0.489. The lowest BCUT2D eigenvalue weighted by Crippen LogP contribution is -2.44. The molecule has 2 aromatic carbocycles. The number of carbonyl (C=O) groups is 2. The Morgan fingerprint density at radius 2 is 1.91 bits per heavy atom. The molecule has 1 saturated heterocycles. The normalized spacial score (nSPS) is 20.5. The number of non-ortho nitro benzene ring substituents is 1. The molecule has 1 amide bonds. The van der Waals surface area contributed by atoms with Crippen molar-refractivity contribution < 1.29 is 29.1 Å². The van der Waals surface area contributed by atoms with Gasteiger partial charge in [-0.3, -0.25) is 19.7 Å². The number of hydrogen-bond acceptors (Lipinski definition) is 6. The molecule has 9 nitrogen and oxygen atoms in total. The fourth-order valence-electron chi connectivity index (χ4n) is 4.43. The number of benzene rings is 2. The molecule has 0 aliphatic carbocycles. The number of rotatable bonds is 8. The van der Waals surface area contributed by atoms with Crippen LogP contribution in [0.15, 0.2) is 42.5 Å². The molecule has 1 heterocycles. The lowest BCUT2D eigenvalue weighted by Gasteiger charge is -2.37. The highest BCUT2D eigenvalue weighted by molar-refractivity contribution is 5.95. The van der Waals surface area contributed by atoms with Crippen LogP contribution in [-0.4, -0.2) is 46.6 Å². The Kier molecular flexibility index (Phi) is 6.38. The van der Waals surface area contributed by atoms with Crippen molar-refractivity contribution in [3.8, 4) is 11.5 Å². The van der Waals surface area contributed by atoms with E-state index < -0.39 is 22.3 Å². The van der Waals surface area contributed by atoms with Crippen molar-refractivity contribution >= 4 is 17.6 Å². The first kappa shape index (κ1) is 23.1. The summed E-state index contributed by atoms with van der Waals surface area (Å²) in [5.74, 6) is -0.549. The number of carboxylic acid groups (broad SMARTS) is 1. The number of aliphatic carboxylic acids is 1. The topological polar surface area (TPSA) is 119 Å². The second-order valence-corrected chi connectivity index (χ2v) is 7.90. The van der Waals surface area contributed by atoms with Crippen LogP contribution in [-0.2, 0) is 15.0 Å². The van der Waals surface area contributed by atoms with Crippen LogP contribution >= 0.6 is 0 Å². The van der Waals surface area contributed by atoms with E-state index in [4.69, 9.17) is 9.47 Å². The first-order valence-corrected chi connectivity index (χ1v) is 10.3. The Morgan fingerprint density at radius 3 is 2.41 bits per heavy atom. The van der Waals surface area contributed by atoms with Gasteiger partial charge in [0.05, 0.1) is 24.7 Å². The number of nitro benzene ring substituents is 1. The van der Waals surface area contributed by atoms with E-state index in [2.05, 4.69) is 0 Å². The van der Waals surface area contributed by atoms with Crippen LogP contribution in [0.1, 0.15) is 44.4 Å². The van der Waals surface area contributed by atoms with E-state index in [1.165, 1.54) is 31.4 Å². The van der Waals surface area contributed by atoms with Gasteiger partial charge in [0.25, 0.3) is 5.69 Å². The van der Waals surface area contributed by atoms with Crippen molar-refractivity contribution in [1.82, 2.24) is 4.90 Å². The summed E-state index contributed by atoms with van der Waals surface area (Å²) in [6.07, 6.45) is -0.265. The molecule has 0 unspecified atom stereocenters. The molecule has 1 N–H and O–H groups in total. The average molecular weight is 442 g/mol. The van der Waals surface area contributed by atoms with Gasteiger partial charge in [0.1, 0.15) is 5.41 Å². The first-order chi connectivity index (χ1) is 15.2. The summed E-state index contributed by atoms with van der Waals surface area (Å²) >= 11 is 0. The molecule has 1 aliphatic rings. The molecule has 3 rings (SSSR count). The van der Waals surface area contributed by atoms with Crippen LogP contribution in [0.3, 0.4) is 0 Å². The fraction of sp³-hybridized carbons (Fsp3) is 0.391. The Bertz CT molecular complexity index is 1040. The van der Waals surface area contributed by atoms with Crippen LogP contribution in [0.2, 0.25) is 0 Å². The van der Waals surface area contributed by atoms with Gasteiger partial charge < -0.3 is 19.5 Å². The summed E-state index contributed by atoms with van der Waals surface area (Å²) in [4.78, 5) is 38.0. The minimum atomic E-state index is -1.63. The van der Waals surface area contributed by atoms with E-state index in [0.29, 0.717) is 29.2 Å². The minimum Gasteiger partial charge on any atom is -0.493 e. The highest BCUT2D eigenvalue weighted by Gasteiger charge is 2.59. The van der Waals surface area contributed by atoms with Gasteiger partial charge in [-0.2, -0.15) is 0 Å². The summed E-state index contributed by atoms with van der Waals surface area (Å²) in [6.45, 7) is 5.85. The Morgan fingerprint density at radius 1 is 1.25 bits per heavy atom. The number of nitrogens with zero attached hydrogens (tertiary/aromatic N) is 2. The number of amides is 1. The van der Waals surface area contributed by atoms with E-state index in [-0.39, 0.29) is 24.1 Å². The van der Waals surface area contributed by atoms with Gasteiger partial charge >= 0.3 is 5.97 Å². The molecular formula is C23H26N2O7. The average Bonchev–Trinajstić information content (AvgIpc) is 3.08. The molecule has 32 heavy (non-hydrogen) atoms. The molecule has 170 valence electrons. The van der Waals surface area contributed by atoms with E-state index in [0.717, 1.165) is 0 Å². The van der Waals surface area contributed by atoms with Crippen molar-refractivity contribution in [3.63, 3.8) is 0 Å². The molecule has 9 heteroatoms. The van der Waals surface area contributed by atoms with Crippen molar-refractivity contribution in [2.45, 2.75) is 44.7 Å². The number of ether oxygens (including phenoxy) is 2. The van der Waals surface area contributed by atoms with Crippen molar-refractivity contribution in [1.29, 1.82) is 0 Å². The van der Waals surface area contributed by atoms with Gasteiger partial charge in [0.15, 0.2) is 11.5 Å². The number of carbonyl (C=O) groups excluding carboxylic acids is 1. The van der Waals surface area contributed by atoms with E-state index in [1.807, 2.05) is 20.8 Å². The zero-order chi connectivity index (χ0) is 23.6. The molecule has 1 fully saturated rings. The fourth-order valence-corrected chi connectivity index (χ4v) is 4.43. The predicted octanol–water partition coefficient (Wildman–Crippen LogP) is 3.71. The predicted molar refractivity (Wildman–Crippen MR) is 116 cm³/mol. The third-order valence-electron chi connectivity index (χ3n) is 5.80. The van der Waals surface area contributed by atoms with Crippen LogP contribution in [0.4, 0.5) is 5.69 Å². The number of methoxy groups -OCH3 is 1. The summed E-state index contributed by atoms with van der Waals surface area (Å²) in [6, 6.07) is 9.35. The third kappa shape index (κ3) is 3.74. The standard InChI is InChI=1S/C23H26N2O7/c1-5-32-19-12-15(6-11-18(19)31-4)21-23(22(27)28,13-20(26)24(21)14(2)3)16-7-9-17(10-8-16)25(29)30/h6-12,14,21H,5,13H2,1-4H3,(H,27,28)/t21-,23-/m1/s1. The van der Waals surface area contributed by atoms with Crippen LogP contribution in [0.5, 0.6) is 11.5 Å². The lowest BCUT2D eigenvalue weighted by atomic mass is 9.71. The molecular weight excluding hydrogens is 416 g/mol. The van der Waals surface area contributed by atoms with Gasteiger partial charge in [-0.05, 0) is 44.0 Å². The molecule has 0 spiro atoms. The molecule has 0 saturated carbocycles. The zero-order valence-corrected chi connectivity index (χ0v) is 18.4. The highest BCUT2D eigenvalue weighted by atomic mass is 16.6. The Labute approximate surface area is 185 Å². The highest BCUT2D eigenvalue weighted by Crippen LogP contribution is 2.52. The van der Waals surface area contributed by atoms with E-state index in [9.17, 15) is 24.8 Å². The van der Waals surface area contributed by atoms with Gasteiger partial charge in [0, 0.05) is 24.6 Å². The molecule has 0 aromatic heterocycles. The number of nitro groups is 1. The summed E-state index contributed by atoms with van der Waals surface area (Å²) in [5, 5.41) is 21.5. The van der Waals surface area contributed by atoms with Crippen LogP contribution in [0.25, 0.3) is 0 Å². The molecule has 2 atom stereocenters. The maximum atomic E-state index is 13.1. The number of likely N-dealkylation sites (tertiary alicyclic amines) is 1. The molecule has 1 aliphatic heterocycles. The Balaban J connectivity index is 2.26. The van der Waals surface area contributed by atoms with Crippen molar-refractivity contribution in [2.75, 3.05) is 13.7 Å². The Hall–Kier alpha value is -3.62. The lowest BCUT2D eigenvalue weighted by molar-refractivity contribution is -0.384. The maximum Gasteiger partial charge on any atom is 0.317 e. The third-order valence-corrected chi connectivity index (χ3v) is 5.80. The second-order valence-electron chi connectivity index (χ2n) is 7.90. The van der Waals surface area contributed by atoms with Crippen LogP contribution in [0, 0.1) is 10.1 Å². The molecule has 0 bridgehead atoms. The van der Waals surface area contributed by atoms with E-state index >= 15 is 0 Å². The molecule has 0 radical (unpaired) electrons. The van der Waals surface area contributed by atoms with Crippen LogP contribution < -0.4 is 9.47 Å². The maximum absolute atomic E-state index is 13.1. The number of carboxylic acids is 1. The second kappa shape index (κ2) is 8.86. The van der Waals surface area contributed by atoms with Gasteiger partial charge in [-0.1, -0.05) is 18.2 Å². The monoisotopic (exact) mass is 442 g/mol. The van der Waals surface area contributed by atoms with E-state index in [1.54, 1.807) is 23.1 Å². The SMILES string of the molecule is CCOc1cc([C@H]2N(C(C)C)C(=O)C[C@@]2(C(=O)O)c2ccc([N+](=O)[O-])cc2)ccc1OC. The minimum absolute atomic E-state index is 0.154. The largest absolute Gasteiger partial charge is 0.493 e.